The van der Waals surface area contributed by atoms with Crippen LogP contribution >= 0.6 is 0 Å². The van der Waals surface area contributed by atoms with Crippen molar-refractivity contribution >= 4 is 23.1 Å². The Labute approximate surface area is 180 Å². The van der Waals surface area contributed by atoms with Crippen LogP contribution in [-0.2, 0) is 0 Å². The first-order valence-corrected chi connectivity index (χ1v) is 9.93. The molecule has 3 aromatic rings. The minimum atomic E-state index is -0.279. The Hall–Kier alpha value is -3.88. The van der Waals surface area contributed by atoms with Crippen LogP contribution in [0.4, 0.5) is 17.2 Å². The molecule has 0 aliphatic carbocycles. The molecule has 0 saturated carbocycles. The number of rotatable bonds is 6. The number of carbonyl (C=O) groups is 1. The van der Waals surface area contributed by atoms with Crippen molar-refractivity contribution in [3.63, 3.8) is 0 Å². The summed E-state index contributed by atoms with van der Waals surface area (Å²) < 4.78 is 10.7. The average Bonchev–Trinajstić information content (AvgIpc) is 2.84. The van der Waals surface area contributed by atoms with Crippen molar-refractivity contribution < 1.29 is 14.3 Å². The van der Waals surface area contributed by atoms with Crippen LogP contribution in [0, 0.1) is 0 Å². The van der Waals surface area contributed by atoms with E-state index in [1.54, 1.807) is 44.8 Å². The van der Waals surface area contributed by atoms with Crippen molar-refractivity contribution in [3.8, 4) is 11.5 Å². The topological polar surface area (TPSA) is 92.7 Å². The summed E-state index contributed by atoms with van der Waals surface area (Å²) in [6.45, 7) is 3.18. The summed E-state index contributed by atoms with van der Waals surface area (Å²) in [5.41, 5.74) is 2.07. The third kappa shape index (κ3) is 4.66. The number of hydrogen-bond donors (Lipinski definition) is 1. The molecule has 1 aliphatic heterocycles. The highest BCUT2D eigenvalue weighted by Gasteiger charge is 2.21. The lowest BCUT2D eigenvalue weighted by Crippen LogP contribution is -2.46. The SMILES string of the molecule is COc1ccc(N2CCN(c3cc(C(=O)Nc4ccncc4)ncn3)CC2)cc1OC. The molecule has 0 unspecified atom stereocenters. The van der Waals surface area contributed by atoms with Crippen molar-refractivity contribution in [2.75, 3.05) is 55.5 Å². The molecule has 0 spiro atoms. The first-order valence-electron chi connectivity index (χ1n) is 9.93. The standard InChI is InChI=1S/C22H24N6O3/c1-30-19-4-3-17(13-20(19)31-2)27-9-11-28(12-10-27)21-14-18(24-15-25-21)22(29)26-16-5-7-23-8-6-16/h3-8,13-15H,9-12H2,1-2H3,(H,23,26,29). The van der Waals surface area contributed by atoms with Crippen molar-refractivity contribution in [2.45, 2.75) is 0 Å². The maximum Gasteiger partial charge on any atom is 0.274 e. The number of pyridine rings is 1. The summed E-state index contributed by atoms with van der Waals surface area (Å²) in [6, 6.07) is 11.1. The van der Waals surface area contributed by atoms with Gasteiger partial charge in [-0.25, -0.2) is 9.97 Å². The quantitative estimate of drug-likeness (QED) is 0.650. The highest BCUT2D eigenvalue weighted by atomic mass is 16.5. The fourth-order valence-electron chi connectivity index (χ4n) is 3.49. The maximum absolute atomic E-state index is 12.5. The van der Waals surface area contributed by atoms with Gasteiger partial charge in [0.1, 0.15) is 17.8 Å². The number of nitrogens with zero attached hydrogens (tertiary/aromatic N) is 5. The molecule has 9 nitrogen and oxygen atoms in total. The second-order valence-corrected chi connectivity index (χ2v) is 6.96. The third-order valence-electron chi connectivity index (χ3n) is 5.16. The van der Waals surface area contributed by atoms with Gasteiger partial charge in [0.05, 0.1) is 14.2 Å². The lowest BCUT2D eigenvalue weighted by molar-refractivity contribution is 0.102. The van der Waals surface area contributed by atoms with E-state index in [-0.39, 0.29) is 5.91 Å². The fourth-order valence-corrected chi connectivity index (χ4v) is 3.49. The van der Waals surface area contributed by atoms with Crippen molar-refractivity contribution in [1.82, 2.24) is 15.0 Å². The van der Waals surface area contributed by atoms with Crippen LogP contribution in [0.5, 0.6) is 11.5 Å². The molecule has 1 aliphatic rings. The van der Waals surface area contributed by atoms with Crippen LogP contribution < -0.4 is 24.6 Å². The van der Waals surface area contributed by atoms with Crippen LogP contribution in [0.2, 0.25) is 0 Å². The predicted molar refractivity (Wildman–Crippen MR) is 118 cm³/mol. The normalized spacial score (nSPS) is 13.6. The number of piperazine rings is 1. The molecule has 1 aromatic carbocycles. The van der Waals surface area contributed by atoms with Gasteiger partial charge in [0.2, 0.25) is 0 Å². The molecule has 0 bridgehead atoms. The average molecular weight is 420 g/mol. The predicted octanol–water partition coefficient (Wildman–Crippen LogP) is 2.47. The number of anilines is 3. The number of aromatic nitrogens is 3. The molecule has 9 heteroatoms. The molecular weight excluding hydrogens is 396 g/mol. The van der Waals surface area contributed by atoms with E-state index in [0.29, 0.717) is 22.9 Å². The van der Waals surface area contributed by atoms with Crippen molar-refractivity contribution in [2.24, 2.45) is 0 Å². The first-order chi connectivity index (χ1) is 15.2. The molecule has 31 heavy (non-hydrogen) atoms. The van der Waals surface area contributed by atoms with Crippen LogP contribution in [0.15, 0.2) is 55.1 Å². The lowest BCUT2D eigenvalue weighted by Gasteiger charge is -2.36. The number of methoxy groups -OCH3 is 2. The molecule has 2 aromatic heterocycles. The van der Waals surface area contributed by atoms with Gasteiger partial charge in [-0.05, 0) is 24.3 Å². The Morgan fingerprint density at radius 2 is 1.61 bits per heavy atom. The molecule has 0 radical (unpaired) electrons. The molecular formula is C22H24N6O3. The van der Waals surface area contributed by atoms with Gasteiger partial charge < -0.3 is 24.6 Å². The summed E-state index contributed by atoms with van der Waals surface area (Å²) in [7, 11) is 3.26. The second-order valence-electron chi connectivity index (χ2n) is 6.96. The molecule has 160 valence electrons. The number of hydrogen-bond acceptors (Lipinski definition) is 8. The van der Waals surface area contributed by atoms with Gasteiger partial charge in [-0.1, -0.05) is 0 Å². The summed E-state index contributed by atoms with van der Waals surface area (Å²) in [5, 5.41) is 2.82. The van der Waals surface area contributed by atoms with Gasteiger partial charge in [-0.3, -0.25) is 9.78 Å². The van der Waals surface area contributed by atoms with E-state index >= 15 is 0 Å². The van der Waals surface area contributed by atoms with E-state index in [0.717, 1.165) is 37.7 Å². The van der Waals surface area contributed by atoms with Crippen LogP contribution in [0.25, 0.3) is 0 Å². The summed E-state index contributed by atoms with van der Waals surface area (Å²) in [6.07, 6.45) is 4.68. The monoisotopic (exact) mass is 420 g/mol. The van der Waals surface area contributed by atoms with E-state index in [4.69, 9.17) is 9.47 Å². The molecule has 0 atom stereocenters. The van der Waals surface area contributed by atoms with Gasteiger partial charge in [0.25, 0.3) is 5.91 Å². The second kappa shape index (κ2) is 9.29. The fraction of sp³-hybridized carbons (Fsp3) is 0.273. The maximum atomic E-state index is 12.5. The molecule has 3 heterocycles. The zero-order valence-electron chi connectivity index (χ0n) is 17.5. The minimum absolute atomic E-state index is 0.279. The molecule has 1 saturated heterocycles. The highest BCUT2D eigenvalue weighted by molar-refractivity contribution is 6.03. The first kappa shape index (κ1) is 20.4. The van der Waals surface area contributed by atoms with Gasteiger partial charge in [-0.2, -0.15) is 0 Å². The number of amides is 1. The van der Waals surface area contributed by atoms with Crippen molar-refractivity contribution in [3.05, 3.63) is 60.8 Å². The van der Waals surface area contributed by atoms with E-state index in [9.17, 15) is 4.79 Å². The zero-order chi connectivity index (χ0) is 21.6. The van der Waals surface area contributed by atoms with E-state index in [1.165, 1.54) is 6.33 Å². The van der Waals surface area contributed by atoms with Gasteiger partial charge in [-0.15, -0.1) is 0 Å². The number of carbonyl (C=O) groups excluding carboxylic acids is 1. The van der Waals surface area contributed by atoms with Crippen molar-refractivity contribution in [1.29, 1.82) is 0 Å². The zero-order valence-corrected chi connectivity index (χ0v) is 17.5. The third-order valence-corrected chi connectivity index (χ3v) is 5.16. The molecule has 1 N–H and O–H groups in total. The van der Waals surface area contributed by atoms with E-state index in [2.05, 4.69) is 30.1 Å². The Bertz CT molecular complexity index is 1040. The summed E-state index contributed by atoms with van der Waals surface area (Å²) in [5.74, 6) is 1.88. The van der Waals surface area contributed by atoms with Crippen LogP contribution in [-0.4, -0.2) is 61.3 Å². The molecule has 1 fully saturated rings. The number of ether oxygens (including phenoxy) is 2. The highest BCUT2D eigenvalue weighted by Crippen LogP contribution is 2.32. The lowest BCUT2D eigenvalue weighted by atomic mass is 10.2. The Morgan fingerprint density at radius 1 is 0.903 bits per heavy atom. The van der Waals surface area contributed by atoms with E-state index in [1.807, 2.05) is 18.2 Å². The number of nitrogens with one attached hydrogen (secondary N) is 1. The van der Waals surface area contributed by atoms with Crippen LogP contribution in [0.1, 0.15) is 10.5 Å². The Balaban J connectivity index is 1.41. The molecule has 1 amide bonds. The summed E-state index contributed by atoms with van der Waals surface area (Å²) >= 11 is 0. The van der Waals surface area contributed by atoms with Crippen LogP contribution in [0.3, 0.4) is 0 Å². The van der Waals surface area contributed by atoms with E-state index < -0.39 is 0 Å². The smallest absolute Gasteiger partial charge is 0.274 e. The minimum Gasteiger partial charge on any atom is -0.493 e. The largest absolute Gasteiger partial charge is 0.493 e. The summed E-state index contributed by atoms with van der Waals surface area (Å²) in [4.78, 5) is 29.4. The van der Waals surface area contributed by atoms with Gasteiger partial charge >= 0.3 is 0 Å². The van der Waals surface area contributed by atoms with Gasteiger partial charge in [0, 0.05) is 62.1 Å². The molecule has 4 rings (SSSR count). The Morgan fingerprint density at radius 3 is 2.32 bits per heavy atom. The van der Waals surface area contributed by atoms with Gasteiger partial charge in [0.15, 0.2) is 11.5 Å². The Kier molecular flexibility index (Phi) is 6.11. The number of benzene rings is 1.